The molecule has 0 unspecified atom stereocenters. The van der Waals surface area contributed by atoms with Crippen LogP contribution >= 0.6 is 23.2 Å². The van der Waals surface area contributed by atoms with Gasteiger partial charge < -0.3 is 0 Å². The first kappa shape index (κ1) is 8.71. The van der Waals surface area contributed by atoms with Gasteiger partial charge in [0.1, 0.15) is 14.6 Å². The van der Waals surface area contributed by atoms with Crippen LogP contribution < -0.4 is 0 Å². The second kappa shape index (κ2) is 5.84. The molecule has 0 bridgehead atoms. The van der Waals surface area contributed by atoms with Gasteiger partial charge in [0.15, 0.2) is 0 Å². The van der Waals surface area contributed by atoms with Gasteiger partial charge in [-0.05, 0) is 11.6 Å². The van der Waals surface area contributed by atoms with Gasteiger partial charge in [0.2, 0.25) is 0 Å². The predicted octanol–water partition coefficient (Wildman–Crippen LogP) is 1.55. The molecular formula is C4H8B2Cl2. The average molecular weight is 149 g/mol. The normalized spacial score (nSPS) is 9.50. The van der Waals surface area contributed by atoms with E-state index in [0.29, 0.717) is 17.3 Å². The summed E-state index contributed by atoms with van der Waals surface area (Å²) in [6.45, 7) is 2.06. The van der Waals surface area contributed by atoms with Gasteiger partial charge in [0.25, 0.3) is 0 Å². The molecule has 0 aromatic carbocycles. The fourth-order valence-electron chi connectivity index (χ4n) is 0.377. The summed E-state index contributed by atoms with van der Waals surface area (Å²) < 4.78 is 0. The molecule has 0 spiro atoms. The molecule has 0 heterocycles. The fourth-order valence-corrected chi connectivity index (χ4v) is 0.939. The second-order valence-corrected chi connectivity index (χ2v) is 2.26. The van der Waals surface area contributed by atoms with E-state index >= 15 is 0 Å². The third-order valence-corrected chi connectivity index (χ3v) is 1.28. The Hall–Kier alpha value is 0.710. The minimum Gasteiger partial charge on any atom is -0.136 e. The van der Waals surface area contributed by atoms with Crippen molar-refractivity contribution in [3.8, 4) is 0 Å². The first-order chi connectivity index (χ1) is 3.81. The van der Waals surface area contributed by atoms with Crippen LogP contribution in [-0.2, 0) is 0 Å². The zero-order chi connectivity index (χ0) is 6.41. The molecule has 2 radical (unpaired) electrons. The van der Waals surface area contributed by atoms with Gasteiger partial charge in [-0.15, -0.1) is 23.2 Å². The van der Waals surface area contributed by atoms with Crippen molar-refractivity contribution in [2.75, 3.05) is 11.6 Å². The van der Waals surface area contributed by atoms with Crippen LogP contribution in [0, 0.1) is 0 Å². The Morgan fingerprint density at radius 3 is 1.88 bits per heavy atom. The Bertz CT molecular complexity index is 45.3. The Labute approximate surface area is 62.4 Å². The summed E-state index contributed by atoms with van der Waals surface area (Å²) in [5, 5.41) is 0. The molecule has 0 aliphatic carbocycles. The quantitative estimate of drug-likeness (QED) is 0.419. The summed E-state index contributed by atoms with van der Waals surface area (Å²) >= 11 is 10.8. The molecule has 0 amide bonds. The summed E-state index contributed by atoms with van der Waals surface area (Å²) in [5.74, 6) is 1.21. The molecule has 0 N–H and O–H groups in total. The minimum absolute atomic E-state index is 0.449. The van der Waals surface area contributed by atoms with Crippen LogP contribution in [0.5, 0.6) is 0 Å². The van der Waals surface area contributed by atoms with E-state index in [1.54, 1.807) is 0 Å². The SMILES string of the molecule is CC([B]CCl)[B]CCl. The van der Waals surface area contributed by atoms with Crippen LogP contribution in [0.4, 0.5) is 0 Å². The standard InChI is InChI=1S/C4H8B2Cl2/c1-4(5-2-7)6-3-8/h4H,2-3H2,1H3. The van der Waals surface area contributed by atoms with Gasteiger partial charge in [-0.25, -0.2) is 0 Å². The molecule has 0 aliphatic rings. The summed E-state index contributed by atoms with van der Waals surface area (Å²) in [6.07, 6.45) is 0. The van der Waals surface area contributed by atoms with Crippen molar-refractivity contribution in [1.82, 2.24) is 0 Å². The Morgan fingerprint density at radius 1 is 1.25 bits per heavy atom. The predicted molar refractivity (Wildman–Crippen MR) is 42.4 cm³/mol. The molecular weight excluding hydrogens is 141 g/mol. The van der Waals surface area contributed by atoms with Crippen molar-refractivity contribution in [3.63, 3.8) is 0 Å². The highest BCUT2D eigenvalue weighted by molar-refractivity contribution is 6.67. The van der Waals surface area contributed by atoms with E-state index < -0.39 is 0 Å². The molecule has 0 atom stereocenters. The average Bonchev–Trinajstić information content (AvgIpc) is 1.68. The van der Waals surface area contributed by atoms with E-state index in [-0.39, 0.29) is 0 Å². The van der Waals surface area contributed by atoms with Crippen molar-refractivity contribution < 1.29 is 0 Å². The van der Waals surface area contributed by atoms with E-state index in [4.69, 9.17) is 23.2 Å². The second-order valence-electron chi connectivity index (χ2n) is 1.64. The highest BCUT2D eigenvalue weighted by Crippen LogP contribution is 1.98. The number of hydrogen-bond acceptors (Lipinski definition) is 0. The van der Waals surface area contributed by atoms with Crippen LogP contribution in [0.3, 0.4) is 0 Å². The van der Waals surface area contributed by atoms with Gasteiger partial charge in [-0.1, -0.05) is 12.6 Å². The molecule has 8 heavy (non-hydrogen) atoms. The maximum Gasteiger partial charge on any atom is 0.124 e. The third kappa shape index (κ3) is 4.86. The molecule has 0 saturated carbocycles. The maximum atomic E-state index is 5.41. The zero-order valence-electron chi connectivity index (χ0n) is 4.90. The van der Waals surface area contributed by atoms with Crippen molar-refractivity contribution in [3.05, 3.63) is 0 Å². The van der Waals surface area contributed by atoms with Crippen molar-refractivity contribution in [2.24, 2.45) is 0 Å². The maximum absolute atomic E-state index is 5.41. The van der Waals surface area contributed by atoms with Crippen LogP contribution in [0.25, 0.3) is 0 Å². The summed E-state index contributed by atoms with van der Waals surface area (Å²) in [5.41, 5.74) is 0.449. The highest BCUT2D eigenvalue weighted by atomic mass is 35.5. The summed E-state index contributed by atoms with van der Waals surface area (Å²) in [6, 6.07) is 0. The molecule has 0 fully saturated rings. The molecule has 0 aliphatic heterocycles. The lowest BCUT2D eigenvalue weighted by atomic mass is 9.48. The first-order valence-corrected chi connectivity index (χ1v) is 3.66. The fraction of sp³-hybridized carbons (Fsp3) is 1.00. The molecule has 4 heteroatoms. The van der Waals surface area contributed by atoms with Crippen LogP contribution in [0.15, 0.2) is 0 Å². The van der Waals surface area contributed by atoms with Gasteiger partial charge in [-0.2, -0.15) is 0 Å². The number of hydrogen-bond donors (Lipinski definition) is 0. The smallest absolute Gasteiger partial charge is 0.124 e. The lowest BCUT2D eigenvalue weighted by Gasteiger charge is -2.00. The Kier molecular flexibility index (Phi) is 6.36. The summed E-state index contributed by atoms with van der Waals surface area (Å²) in [4.78, 5) is 0. The first-order valence-electron chi connectivity index (χ1n) is 2.60. The minimum atomic E-state index is 0.449. The van der Waals surface area contributed by atoms with E-state index in [0.717, 1.165) is 0 Å². The van der Waals surface area contributed by atoms with Crippen molar-refractivity contribution >= 4 is 37.8 Å². The number of rotatable bonds is 4. The van der Waals surface area contributed by atoms with Gasteiger partial charge in [0, 0.05) is 0 Å². The highest BCUT2D eigenvalue weighted by Gasteiger charge is 2.01. The Morgan fingerprint density at radius 2 is 1.62 bits per heavy atom. The molecule has 44 valence electrons. The van der Waals surface area contributed by atoms with Gasteiger partial charge >= 0.3 is 0 Å². The number of halogens is 2. The zero-order valence-corrected chi connectivity index (χ0v) is 6.41. The van der Waals surface area contributed by atoms with Crippen molar-refractivity contribution in [1.29, 1.82) is 0 Å². The van der Waals surface area contributed by atoms with Crippen LogP contribution in [0.1, 0.15) is 6.92 Å². The largest absolute Gasteiger partial charge is 0.136 e. The lowest BCUT2D eigenvalue weighted by Crippen LogP contribution is -2.10. The monoisotopic (exact) mass is 148 g/mol. The Balaban J connectivity index is 2.92. The van der Waals surface area contributed by atoms with E-state index in [1.807, 2.05) is 14.6 Å². The van der Waals surface area contributed by atoms with E-state index in [2.05, 4.69) is 6.92 Å². The molecule has 0 aromatic rings. The summed E-state index contributed by atoms with van der Waals surface area (Å²) in [7, 11) is 4.01. The van der Waals surface area contributed by atoms with Gasteiger partial charge in [-0.3, -0.25) is 0 Å². The molecule has 0 rings (SSSR count). The topological polar surface area (TPSA) is 0 Å². The molecule has 0 aromatic heterocycles. The van der Waals surface area contributed by atoms with Gasteiger partial charge in [0.05, 0.1) is 0 Å². The van der Waals surface area contributed by atoms with Crippen LogP contribution in [-0.4, -0.2) is 26.1 Å². The number of alkyl halides is 2. The van der Waals surface area contributed by atoms with E-state index in [9.17, 15) is 0 Å². The van der Waals surface area contributed by atoms with Crippen molar-refractivity contribution in [2.45, 2.75) is 12.6 Å². The molecule has 0 nitrogen and oxygen atoms in total. The lowest BCUT2D eigenvalue weighted by molar-refractivity contribution is 1.31. The molecule has 0 saturated heterocycles. The third-order valence-electron chi connectivity index (χ3n) is 0.922. The van der Waals surface area contributed by atoms with Crippen LogP contribution in [0.2, 0.25) is 5.72 Å². The van der Waals surface area contributed by atoms with E-state index in [1.165, 1.54) is 0 Å².